The van der Waals surface area contributed by atoms with E-state index in [9.17, 15) is 9.59 Å². The minimum atomic E-state index is -0.873. The summed E-state index contributed by atoms with van der Waals surface area (Å²) in [6.45, 7) is 3.70. The van der Waals surface area contributed by atoms with Crippen molar-refractivity contribution in [1.82, 2.24) is 10.2 Å². The summed E-state index contributed by atoms with van der Waals surface area (Å²) in [5.74, 6) is -0.841. The van der Waals surface area contributed by atoms with E-state index < -0.39 is 12.0 Å². The van der Waals surface area contributed by atoms with Crippen LogP contribution in [0.3, 0.4) is 0 Å². The van der Waals surface area contributed by atoms with Crippen LogP contribution in [-0.4, -0.2) is 47.6 Å². The highest BCUT2D eigenvalue weighted by Crippen LogP contribution is 2.10. The van der Waals surface area contributed by atoms with E-state index in [4.69, 9.17) is 5.11 Å². The van der Waals surface area contributed by atoms with Gasteiger partial charge in [0.2, 0.25) is 5.91 Å². The second-order valence-electron chi connectivity index (χ2n) is 5.21. The van der Waals surface area contributed by atoms with Crippen LogP contribution in [0.25, 0.3) is 0 Å². The van der Waals surface area contributed by atoms with Crippen LogP contribution >= 0.6 is 0 Å². The number of carboxylic acid groups (broad SMARTS) is 1. The Morgan fingerprint density at radius 1 is 1.16 bits per heavy atom. The molecular weight excluding hydrogens is 244 g/mol. The van der Waals surface area contributed by atoms with Gasteiger partial charge >= 0.3 is 5.97 Å². The molecule has 1 amide bonds. The summed E-state index contributed by atoms with van der Waals surface area (Å²) < 4.78 is 0. The van der Waals surface area contributed by atoms with Crippen LogP contribution in [0, 0.1) is 0 Å². The van der Waals surface area contributed by atoms with Crippen molar-refractivity contribution in [2.24, 2.45) is 0 Å². The third-order valence-corrected chi connectivity index (χ3v) is 3.58. The Labute approximate surface area is 115 Å². The van der Waals surface area contributed by atoms with E-state index in [-0.39, 0.29) is 12.5 Å². The standard InChI is InChI=1S/C14H26N2O3/c1-2-8-12(14(18)19)15-11-13(17)16-9-6-4-3-5-7-10-16/h12,15H,2-11H2,1H3,(H,18,19). The molecule has 0 aromatic heterocycles. The molecule has 0 spiro atoms. The minimum Gasteiger partial charge on any atom is -0.480 e. The SMILES string of the molecule is CCCC(NCC(=O)N1CCCCCCC1)C(=O)O. The van der Waals surface area contributed by atoms with Gasteiger partial charge in [-0.05, 0) is 19.3 Å². The van der Waals surface area contributed by atoms with Crippen LogP contribution in [0.1, 0.15) is 51.9 Å². The molecule has 1 heterocycles. The lowest BCUT2D eigenvalue weighted by molar-refractivity contribution is -0.140. The lowest BCUT2D eigenvalue weighted by Gasteiger charge is -2.25. The summed E-state index contributed by atoms with van der Waals surface area (Å²) in [4.78, 5) is 24.9. The molecule has 0 aromatic rings. The molecule has 1 aliphatic heterocycles. The predicted octanol–water partition coefficient (Wildman–Crippen LogP) is 1.62. The van der Waals surface area contributed by atoms with Gasteiger partial charge in [0.1, 0.15) is 6.04 Å². The number of aliphatic carboxylic acids is 1. The van der Waals surface area contributed by atoms with Gasteiger partial charge in [-0.25, -0.2) is 0 Å². The molecular formula is C14H26N2O3. The first kappa shape index (κ1) is 16.0. The fourth-order valence-corrected chi connectivity index (χ4v) is 2.42. The van der Waals surface area contributed by atoms with Crippen LogP contribution in [0.5, 0.6) is 0 Å². The van der Waals surface area contributed by atoms with Gasteiger partial charge in [-0.3, -0.25) is 14.9 Å². The molecule has 5 nitrogen and oxygen atoms in total. The van der Waals surface area contributed by atoms with E-state index in [1.165, 1.54) is 19.3 Å². The molecule has 0 aromatic carbocycles. The zero-order valence-electron chi connectivity index (χ0n) is 11.9. The molecule has 0 bridgehead atoms. The van der Waals surface area contributed by atoms with E-state index >= 15 is 0 Å². The molecule has 0 aliphatic carbocycles. The van der Waals surface area contributed by atoms with Crippen LogP contribution in [0.4, 0.5) is 0 Å². The number of carbonyl (C=O) groups excluding carboxylic acids is 1. The maximum atomic E-state index is 12.1. The summed E-state index contributed by atoms with van der Waals surface area (Å²) >= 11 is 0. The summed E-state index contributed by atoms with van der Waals surface area (Å²) in [5.41, 5.74) is 0. The molecule has 1 aliphatic rings. The third kappa shape index (κ3) is 6.05. The average Bonchev–Trinajstić information content (AvgIpc) is 2.33. The Morgan fingerprint density at radius 2 is 1.74 bits per heavy atom. The average molecular weight is 270 g/mol. The van der Waals surface area contributed by atoms with E-state index in [0.29, 0.717) is 6.42 Å². The van der Waals surface area contributed by atoms with Gasteiger partial charge in [0.15, 0.2) is 0 Å². The second kappa shape index (κ2) is 8.91. The fraction of sp³-hybridized carbons (Fsp3) is 0.857. The first-order valence-corrected chi connectivity index (χ1v) is 7.39. The Kier molecular flexibility index (Phi) is 7.48. The first-order chi connectivity index (χ1) is 9.15. The summed E-state index contributed by atoms with van der Waals surface area (Å²) in [6, 6.07) is -0.608. The Bertz CT molecular complexity index is 286. The Morgan fingerprint density at radius 3 is 2.26 bits per heavy atom. The summed E-state index contributed by atoms with van der Waals surface area (Å²) in [6.07, 6.45) is 7.10. The molecule has 110 valence electrons. The largest absolute Gasteiger partial charge is 0.480 e. The van der Waals surface area contributed by atoms with Crippen molar-refractivity contribution in [1.29, 1.82) is 0 Å². The van der Waals surface area contributed by atoms with E-state index in [1.807, 2.05) is 11.8 Å². The summed E-state index contributed by atoms with van der Waals surface area (Å²) in [5, 5.41) is 11.9. The normalized spacial score (nSPS) is 18.5. The second-order valence-corrected chi connectivity index (χ2v) is 5.21. The number of rotatable bonds is 6. The molecule has 1 saturated heterocycles. The first-order valence-electron chi connectivity index (χ1n) is 7.39. The third-order valence-electron chi connectivity index (χ3n) is 3.58. The van der Waals surface area contributed by atoms with Gasteiger partial charge in [0.25, 0.3) is 0 Å². The topological polar surface area (TPSA) is 69.6 Å². The molecule has 1 rings (SSSR count). The number of carbonyl (C=O) groups is 2. The maximum Gasteiger partial charge on any atom is 0.320 e. The van der Waals surface area contributed by atoms with Gasteiger partial charge in [-0.1, -0.05) is 32.6 Å². The van der Waals surface area contributed by atoms with Crippen molar-refractivity contribution < 1.29 is 14.7 Å². The van der Waals surface area contributed by atoms with Crippen molar-refractivity contribution in [3.8, 4) is 0 Å². The van der Waals surface area contributed by atoms with Crippen LogP contribution < -0.4 is 5.32 Å². The van der Waals surface area contributed by atoms with Crippen molar-refractivity contribution in [3.05, 3.63) is 0 Å². The Hall–Kier alpha value is -1.10. The highest BCUT2D eigenvalue weighted by molar-refractivity contribution is 5.80. The Balaban J connectivity index is 2.37. The highest BCUT2D eigenvalue weighted by atomic mass is 16.4. The highest BCUT2D eigenvalue weighted by Gasteiger charge is 2.19. The minimum absolute atomic E-state index is 0.0317. The van der Waals surface area contributed by atoms with Gasteiger partial charge in [0.05, 0.1) is 6.54 Å². The number of likely N-dealkylation sites (tertiary alicyclic amines) is 1. The molecule has 5 heteroatoms. The van der Waals surface area contributed by atoms with Crippen molar-refractivity contribution in [2.75, 3.05) is 19.6 Å². The van der Waals surface area contributed by atoms with E-state index in [1.54, 1.807) is 0 Å². The quantitative estimate of drug-likeness (QED) is 0.769. The smallest absolute Gasteiger partial charge is 0.320 e. The number of hydrogen-bond donors (Lipinski definition) is 2. The van der Waals surface area contributed by atoms with Gasteiger partial charge < -0.3 is 10.0 Å². The van der Waals surface area contributed by atoms with E-state index in [2.05, 4.69) is 5.32 Å². The van der Waals surface area contributed by atoms with Crippen molar-refractivity contribution in [2.45, 2.75) is 57.9 Å². The molecule has 1 atom stereocenters. The molecule has 0 saturated carbocycles. The monoisotopic (exact) mass is 270 g/mol. The number of nitrogens with zero attached hydrogens (tertiary/aromatic N) is 1. The van der Waals surface area contributed by atoms with Crippen LogP contribution in [0.2, 0.25) is 0 Å². The van der Waals surface area contributed by atoms with Gasteiger partial charge in [0, 0.05) is 13.1 Å². The predicted molar refractivity (Wildman–Crippen MR) is 74.0 cm³/mol. The van der Waals surface area contributed by atoms with Crippen molar-refractivity contribution in [3.63, 3.8) is 0 Å². The number of nitrogens with one attached hydrogen (secondary N) is 1. The lowest BCUT2D eigenvalue weighted by atomic mass is 10.1. The van der Waals surface area contributed by atoms with E-state index in [0.717, 1.165) is 32.4 Å². The van der Waals surface area contributed by atoms with Crippen LogP contribution in [0.15, 0.2) is 0 Å². The molecule has 1 unspecified atom stereocenters. The van der Waals surface area contributed by atoms with Crippen molar-refractivity contribution >= 4 is 11.9 Å². The number of hydrogen-bond acceptors (Lipinski definition) is 3. The zero-order chi connectivity index (χ0) is 14.1. The molecule has 0 radical (unpaired) electrons. The molecule has 2 N–H and O–H groups in total. The van der Waals surface area contributed by atoms with Gasteiger partial charge in [-0.15, -0.1) is 0 Å². The number of carboxylic acids is 1. The maximum absolute atomic E-state index is 12.1. The molecule has 19 heavy (non-hydrogen) atoms. The fourth-order valence-electron chi connectivity index (χ4n) is 2.42. The molecule has 1 fully saturated rings. The lowest BCUT2D eigenvalue weighted by Crippen LogP contribution is -2.45. The number of amides is 1. The summed E-state index contributed by atoms with van der Waals surface area (Å²) in [7, 11) is 0. The van der Waals surface area contributed by atoms with Crippen LogP contribution in [-0.2, 0) is 9.59 Å². The zero-order valence-corrected chi connectivity index (χ0v) is 11.9. The van der Waals surface area contributed by atoms with Gasteiger partial charge in [-0.2, -0.15) is 0 Å².